The molecule has 0 bridgehead atoms. The third kappa shape index (κ3) is 4.44. The van der Waals surface area contributed by atoms with E-state index in [1.54, 1.807) is 6.20 Å². The van der Waals surface area contributed by atoms with E-state index >= 15 is 0 Å². The molecule has 23 heavy (non-hydrogen) atoms. The maximum atomic E-state index is 12.7. The Labute approximate surface area is 152 Å². The molecule has 2 N–H and O–H groups in total. The summed E-state index contributed by atoms with van der Waals surface area (Å²) in [5.41, 5.74) is 6.85. The van der Waals surface area contributed by atoms with Crippen molar-refractivity contribution in [3.05, 3.63) is 41.4 Å². The predicted octanol–water partition coefficient (Wildman–Crippen LogP) is 3.61. The van der Waals surface area contributed by atoms with Crippen LogP contribution in [0.2, 0.25) is 0 Å². The number of nitrogens with two attached hydrogens (primary N) is 1. The van der Waals surface area contributed by atoms with E-state index in [0.717, 1.165) is 36.4 Å². The Balaban J connectivity index is 0.00000132. The van der Waals surface area contributed by atoms with Gasteiger partial charge in [-0.3, -0.25) is 4.79 Å². The molecular formula is C16H21Cl2N3OS. The molecule has 2 aromatic rings. The van der Waals surface area contributed by atoms with Gasteiger partial charge in [0.05, 0.1) is 6.20 Å². The molecular weight excluding hydrogens is 353 g/mol. The number of rotatable bonds is 3. The average molecular weight is 374 g/mol. The molecule has 1 aliphatic heterocycles. The Kier molecular flexibility index (Phi) is 7.99. The van der Waals surface area contributed by atoms with Gasteiger partial charge in [-0.05, 0) is 19.3 Å². The Bertz CT molecular complexity index is 621. The Hall–Kier alpha value is -1.14. The standard InChI is InChI=1S/C16H19N3OS.2ClH/c17-10-13-8-4-5-9-19(13)16(20)14-11-18-15(21-14)12-6-2-1-3-7-12;;/h1-3,6-7,11,13H,4-5,8-10,17H2;2*1H. The Morgan fingerprint density at radius 2 is 2.00 bits per heavy atom. The third-order valence-corrected chi connectivity index (χ3v) is 4.93. The van der Waals surface area contributed by atoms with E-state index in [1.165, 1.54) is 11.3 Å². The van der Waals surface area contributed by atoms with Crippen LogP contribution in [-0.4, -0.2) is 34.9 Å². The highest BCUT2D eigenvalue weighted by atomic mass is 35.5. The number of amides is 1. The van der Waals surface area contributed by atoms with E-state index in [4.69, 9.17) is 5.73 Å². The second-order valence-corrected chi connectivity index (χ2v) is 6.31. The van der Waals surface area contributed by atoms with Gasteiger partial charge in [-0.2, -0.15) is 0 Å². The maximum absolute atomic E-state index is 12.7. The molecule has 1 aliphatic rings. The van der Waals surface area contributed by atoms with Gasteiger partial charge in [-0.25, -0.2) is 4.98 Å². The largest absolute Gasteiger partial charge is 0.334 e. The molecule has 4 nitrogen and oxygen atoms in total. The molecule has 0 radical (unpaired) electrons. The predicted molar refractivity (Wildman–Crippen MR) is 99.8 cm³/mol. The third-order valence-electron chi connectivity index (χ3n) is 3.90. The molecule has 0 spiro atoms. The molecule has 1 amide bonds. The van der Waals surface area contributed by atoms with Crippen molar-refractivity contribution >= 4 is 42.1 Å². The first-order chi connectivity index (χ1) is 10.3. The molecule has 1 fully saturated rings. The van der Waals surface area contributed by atoms with Crippen LogP contribution in [0.15, 0.2) is 36.5 Å². The van der Waals surface area contributed by atoms with Gasteiger partial charge in [0, 0.05) is 24.7 Å². The van der Waals surface area contributed by atoms with Gasteiger partial charge in [0.2, 0.25) is 0 Å². The number of halogens is 2. The van der Waals surface area contributed by atoms with Crippen LogP contribution < -0.4 is 5.73 Å². The summed E-state index contributed by atoms with van der Waals surface area (Å²) in [7, 11) is 0. The first kappa shape index (κ1) is 19.9. The van der Waals surface area contributed by atoms with Gasteiger partial charge in [0.1, 0.15) is 9.88 Å². The highest BCUT2D eigenvalue weighted by Gasteiger charge is 2.27. The van der Waals surface area contributed by atoms with Crippen molar-refractivity contribution in [3.8, 4) is 10.6 Å². The van der Waals surface area contributed by atoms with Crippen LogP contribution in [0.3, 0.4) is 0 Å². The van der Waals surface area contributed by atoms with Crippen LogP contribution in [0.4, 0.5) is 0 Å². The zero-order valence-corrected chi connectivity index (χ0v) is 15.1. The number of hydrogen-bond acceptors (Lipinski definition) is 4. The fourth-order valence-corrected chi connectivity index (χ4v) is 3.62. The van der Waals surface area contributed by atoms with E-state index in [1.807, 2.05) is 35.2 Å². The molecule has 126 valence electrons. The average Bonchev–Trinajstić information content (AvgIpc) is 3.05. The lowest BCUT2D eigenvalue weighted by Crippen LogP contribution is -2.47. The van der Waals surface area contributed by atoms with E-state index in [-0.39, 0.29) is 36.8 Å². The summed E-state index contributed by atoms with van der Waals surface area (Å²) >= 11 is 1.46. The lowest BCUT2D eigenvalue weighted by molar-refractivity contribution is 0.0628. The number of benzene rings is 1. The summed E-state index contributed by atoms with van der Waals surface area (Å²) in [5, 5.41) is 0.889. The fourth-order valence-electron chi connectivity index (χ4n) is 2.74. The van der Waals surface area contributed by atoms with Crippen molar-refractivity contribution in [1.29, 1.82) is 0 Å². The number of carbonyl (C=O) groups excluding carboxylic acids is 1. The van der Waals surface area contributed by atoms with Gasteiger partial charge in [0.15, 0.2) is 0 Å². The van der Waals surface area contributed by atoms with Crippen LogP contribution in [0, 0.1) is 0 Å². The highest BCUT2D eigenvalue weighted by Crippen LogP contribution is 2.27. The molecule has 1 atom stereocenters. The second kappa shape index (κ2) is 9.23. The molecule has 7 heteroatoms. The van der Waals surface area contributed by atoms with Crippen LogP contribution in [0.25, 0.3) is 10.6 Å². The smallest absolute Gasteiger partial charge is 0.265 e. The molecule has 2 heterocycles. The molecule has 1 unspecified atom stereocenters. The SMILES string of the molecule is Cl.Cl.NCC1CCCCN1C(=O)c1cnc(-c2ccccc2)s1. The quantitative estimate of drug-likeness (QED) is 0.893. The minimum atomic E-state index is 0. The van der Waals surface area contributed by atoms with Crippen molar-refractivity contribution < 1.29 is 4.79 Å². The second-order valence-electron chi connectivity index (χ2n) is 5.28. The van der Waals surface area contributed by atoms with Crippen LogP contribution in [0.1, 0.15) is 28.9 Å². The summed E-state index contributed by atoms with van der Waals surface area (Å²) in [6.45, 7) is 1.34. The fraction of sp³-hybridized carbons (Fsp3) is 0.375. The van der Waals surface area contributed by atoms with E-state index in [2.05, 4.69) is 4.98 Å². The highest BCUT2D eigenvalue weighted by molar-refractivity contribution is 7.16. The maximum Gasteiger partial charge on any atom is 0.265 e. The molecule has 1 saturated heterocycles. The molecule has 3 rings (SSSR count). The van der Waals surface area contributed by atoms with Crippen molar-refractivity contribution in [1.82, 2.24) is 9.88 Å². The van der Waals surface area contributed by atoms with Gasteiger partial charge in [-0.15, -0.1) is 36.2 Å². The molecule has 0 saturated carbocycles. The number of thiazole rings is 1. The first-order valence-electron chi connectivity index (χ1n) is 7.32. The molecule has 0 aliphatic carbocycles. The van der Waals surface area contributed by atoms with E-state index < -0.39 is 0 Å². The first-order valence-corrected chi connectivity index (χ1v) is 8.13. The van der Waals surface area contributed by atoms with E-state index in [9.17, 15) is 4.79 Å². The van der Waals surface area contributed by atoms with Gasteiger partial charge in [0.25, 0.3) is 5.91 Å². The summed E-state index contributed by atoms with van der Waals surface area (Å²) in [6.07, 6.45) is 4.92. The number of nitrogens with zero attached hydrogens (tertiary/aromatic N) is 2. The number of piperidine rings is 1. The molecule has 1 aromatic carbocycles. The minimum absolute atomic E-state index is 0. The van der Waals surface area contributed by atoms with Crippen molar-refractivity contribution in [3.63, 3.8) is 0 Å². The normalized spacial score (nSPS) is 17.1. The minimum Gasteiger partial charge on any atom is -0.334 e. The zero-order chi connectivity index (χ0) is 14.7. The summed E-state index contributed by atoms with van der Waals surface area (Å²) in [5.74, 6) is 0.0739. The lowest BCUT2D eigenvalue weighted by atomic mass is 10.0. The Morgan fingerprint density at radius 3 is 2.70 bits per heavy atom. The van der Waals surface area contributed by atoms with Gasteiger partial charge in [-0.1, -0.05) is 30.3 Å². The zero-order valence-electron chi connectivity index (χ0n) is 12.7. The topological polar surface area (TPSA) is 59.2 Å². The van der Waals surface area contributed by atoms with Gasteiger partial charge >= 0.3 is 0 Å². The summed E-state index contributed by atoms with van der Waals surface area (Å²) < 4.78 is 0. The summed E-state index contributed by atoms with van der Waals surface area (Å²) in [4.78, 5) is 19.7. The van der Waals surface area contributed by atoms with Gasteiger partial charge < -0.3 is 10.6 Å². The number of aromatic nitrogens is 1. The van der Waals surface area contributed by atoms with Crippen LogP contribution in [0.5, 0.6) is 0 Å². The Morgan fingerprint density at radius 1 is 1.26 bits per heavy atom. The monoisotopic (exact) mass is 373 g/mol. The van der Waals surface area contributed by atoms with Crippen molar-refractivity contribution in [2.45, 2.75) is 25.3 Å². The molecule has 1 aromatic heterocycles. The lowest BCUT2D eigenvalue weighted by Gasteiger charge is -2.34. The van der Waals surface area contributed by atoms with Crippen molar-refractivity contribution in [2.24, 2.45) is 5.73 Å². The van der Waals surface area contributed by atoms with E-state index in [0.29, 0.717) is 11.4 Å². The summed E-state index contributed by atoms with van der Waals surface area (Å²) in [6, 6.07) is 10.1. The van der Waals surface area contributed by atoms with Crippen LogP contribution >= 0.6 is 36.2 Å². The number of hydrogen-bond donors (Lipinski definition) is 1. The van der Waals surface area contributed by atoms with Crippen LogP contribution in [-0.2, 0) is 0 Å². The van der Waals surface area contributed by atoms with Crippen molar-refractivity contribution in [2.75, 3.05) is 13.1 Å². The number of likely N-dealkylation sites (tertiary alicyclic amines) is 1. The number of carbonyl (C=O) groups is 1.